The summed E-state index contributed by atoms with van der Waals surface area (Å²) in [5.74, 6) is -5.41. The van der Waals surface area contributed by atoms with Gasteiger partial charge in [0.05, 0.1) is 85.5 Å². The molecule has 10 unspecified atom stereocenters. The van der Waals surface area contributed by atoms with Gasteiger partial charge < -0.3 is 81.1 Å². The smallest absolute Gasteiger partial charge is 0.308 e. The van der Waals surface area contributed by atoms with Gasteiger partial charge in [0.2, 0.25) is 5.91 Å². The zero-order valence-electron chi connectivity index (χ0n) is 42.5. The number of amides is 1. The number of hydrogen-bond donors (Lipinski definition) is 12. The van der Waals surface area contributed by atoms with Crippen LogP contribution in [0.1, 0.15) is 118 Å². The molecular formula is C54H86N2O16. The number of nitrogens with one attached hydrogen (secondary N) is 1. The lowest BCUT2D eigenvalue weighted by molar-refractivity contribution is -0.307. The summed E-state index contributed by atoms with van der Waals surface area (Å²) in [7, 11) is 0. The van der Waals surface area contributed by atoms with Gasteiger partial charge >= 0.3 is 5.97 Å². The van der Waals surface area contributed by atoms with Crippen molar-refractivity contribution in [2.75, 3.05) is 0 Å². The first kappa shape index (κ1) is 61.1. The summed E-state index contributed by atoms with van der Waals surface area (Å²) < 4.78 is 24.0. The first-order valence-electron chi connectivity index (χ1n) is 25.9. The van der Waals surface area contributed by atoms with Crippen LogP contribution in [-0.2, 0) is 28.5 Å². The van der Waals surface area contributed by atoms with Crippen molar-refractivity contribution in [3.05, 3.63) is 85.1 Å². The number of carbonyl (C=O) groups is 2. The molecule has 1 saturated carbocycles. The van der Waals surface area contributed by atoms with Crippen LogP contribution in [0.5, 0.6) is 0 Å². The Morgan fingerprint density at radius 1 is 0.639 bits per heavy atom. The fraction of sp³-hybridized carbons (Fsp3) is 0.704. The normalized spacial score (nSPS) is 43.9. The quantitative estimate of drug-likeness (QED) is 0.142. The van der Waals surface area contributed by atoms with Crippen LogP contribution in [0.3, 0.4) is 0 Å². The molecular weight excluding hydrogens is 933 g/mol. The first-order chi connectivity index (χ1) is 34.2. The van der Waals surface area contributed by atoms with Gasteiger partial charge in [0.15, 0.2) is 12.1 Å². The van der Waals surface area contributed by atoms with E-state index < -0.39 is 147 Å². The van der Waals surface area contributed by atoms with Gasteiger partial charge in [-0.1, -0.05) is 125 Å². The average Bonchev–Trinajstić information content (AvgIpc) is 3.58. The molecule has 13 N–H and O–H groups in total. The topological polar surface area (TPSA) is 311 Å². The Morgan fingerprint density at radius 2 is 1.22 bits per heavy atom. The van der Waals surface area contributed by atoms with Crippen LogP contribution in [0.15, 0.2) is 85.1 Å². The molecule has 18 heteroatoms. The van der Waals surface area contributed by atoms with Crippen LogP contribution in [0.25, 0.3) is 0 Å². The highest BCUT2D eigenvalue weighted by Crippen LogP contribution is 2.38. The van der Waals surface area contributed by atoms with E-state index in [1.165, 1.54) is 0 Å². The Bertz CT molecular complexity index is 1830. The second-order valence-electron chi connectivity index (χ2n) is 20.4. The first-order valence-corrected chi connectivity index (χ1v) is 25.9. The summed E-state index contributed by atoms with van der Waals surface area (Å²) in [6.07, 6.45) is 10.7. The minimum Gasteiger partial charge on any atom is -0.462 e. The number of rotatable bonds is 4. The van der Waals surface area contributed by atoms with Crippen LogP contribution >= 0.6 is 0 Å². The second kappa shape index (κ2) is 30.8. The highest BCUT2D eigenvalue weighted by molar-refractivity contribution is 5.80. The molecule has 18 nitrogen and oxygen atoms in total. The fourth-order valence-corrected chi connectivity index (χ4v) is 9.71. The van der Waals surface area contributed by atoms with Gasteiger partial charge in [-0.05, 0) is 46.0 Å². The third-order valence-electron chi connectivity index (χ3n) is 14.2. The molecule has 0 aromatic heterocycles. The summed E-state index contributed by atoms with van der Waals surface area (Å²) in [5, 5.41) is 114. The zero-order chi connectivity index (χ0) is 53.0. The third-order valence-corrected chi connectivity index (χ3v) is 14.2. The molecule has 0 radical (unpaired) electrons. The highest BCUT2D eigenvalue weighted by Gasteiger charge is 2.51. The number of esters is 1. The largest absolute Gasteiger partial charge is 0.462 e. The zero-order valence-corrected chi connectivity index (χ0v) is 42.5. The van der Waals surface area contributed by atoms with Gasteiger partial charge in [-0.15, -0.1) is 0 Å². The molecule has 2 bridgehead atoms. The number of aliphatic hydroxyl groups is 10. The van der Waals surface area contributed by atoms with Gasteiger partial charge in [0, 0.05) is 43.6 Å². The summed E-state index contributed by atoms with van der Waals surface area (Å²) in [6, 6.07) is -1.26. The van der Waals surface area contributed by atoms with E-state index in [1.54, 1.807) is 57.2 Å². The van der Waals surface area contributed by atoms with Crippen LogP contribution in [0.2, 0.25) is 0 Å². The molecule has 3 heterocycles. The van der Waals surface area contributed by atoms with Crippen molar-refractivity contribution in [3.63, 3.8) is 0 Å². The number of aliphatic hydroxyl groups excluding tert-OH is 9. The predicted octanol–water partition coefficient (Wildman–Crippen LogP) is 2.47. The Labute approximate surface area is 425 Å². The van der Waals surface area contributed by atoms with E-state index in [9.17, 15) is 60.7 Å². The van der Waals surface area contributed by atoms with E-state index in [-0.39, 0.29) is 37.6 Å². The monoisotopic (exact) mass is 1020 g/mol. The number of ether oxygens (including phenoxy) is 4. The molecule has 1 aliphatic carbocycles. The van der Waals surface area contributed by atoms with E-state index in [2.05, 4.69) is 5.32 Å². The molecule has 4 rings (SSSR count). The number of hydrogen-bond acceptors (Lipinski definition) is 17. The summed E-state index contributed by atoms with van der Waals surface area (Å²) in [5.41, 5.74) is 6.14. The number of cyclic esters (lactones) is 1. The molecule has 4 aliphatic rings. The molecule has 0 spiro atoms. The van der Waals surface area contributed by atoms with E-state index in [4.69, 9.17) is 24.7 Å². The Morgan fingerprint density at radius 3 is 1.83 bits per heavy atom. The molecule has 2 saturated heterocycles. The number of nitrogens with two attached hydrogens (primary N) is 1. The number of carbonyl (C=O) groups excluding carboxylic acids is 2. The van der Waals surface area contributed by atoms with Gasteiger partial charge in [-0.25, -0.2) is 0 Å². The standard InChI is InChI=1S/C54H86N2O16/c1-33-21-17-13-11-9-7-5-6-8-10-12-14-20-24-41(71-53-51(66)48(55)50(65)36(4)70-53)30-45-47(52(67)56-37-22-18-15-16-19-23-37)44(62)32-54(68,72-45)31-40(59)28-43(61)42(60)26-25-38(57)27-39(58)29-46(63)69-35(3)34(2)49(33)64/h5-14,17,20-21,24,33-45,47-51,53,57-62,64-66,68H,15-16,18-19,22-23,25-32,55H2,1-4H3,(H,56,67)/b6-5+,9-7+,10-8+,13-11+,14-12+,21-17+,24-20+/t33-,34-,35-,36+,38?,39?,40?,41?,42?,43?,44-,45-,47?,48-,49?,50?,51-,53-,54?/m0/s1. The van der Waals surface area contributed by atoms with Gasteiger partial charge in [0.1, 0.15) is 12.2 Å². The van der Waals surface area contributed by atoms with Crippen molar-refractivity contribution in [1.29, 1.82) is 0 Å². The molecule has 3 aliphatic heterocycles. The van der Waals surface area contributed by atoms with Crippen molar-refractivity contribution in [2.45, 2.75) is 221 Å². The van der Waals surface area contributed by atoms with E-state index in [1.807, 2.05) is 55.5 Å². The Hall–Kier alpha value is -3.44. The molecule has 1 amide bonds. The van der Waals surface area contributed by atoms with E-state index in [0.717, 1.165) is 38.5 Å². The molecule has 3 fully saturated rings. The minimum absolute atomic E-state index is 0.0856. The van der Waals surface area contributed by atoms with Crippen LogP contribution in [0.4, 0.5) is 0 Å². The second-order valence-corrected chi connectivity index (χ2v) is 20.4. The summed E-state index contributed by atoms with van der Waals surface area (Å²) >= 11 is 0. The van der Waals surface area contributed by atoms with Crippen molar-refractivity contribution >= 4 is 11.9 Å². The SMILES string of the molecule is C[C@@H]1OC(=O)CC(O)CC(O)CCC(O)C(O)CC(O)CC2(O)C[C@H](O)C(C(=O)NC3CCCCCC3)[C@H](CC(O[C@@H]3O[C@H](C)C(O)[C@H](N)[C@@H]3O)/C=C/C=C/C=C/C=C/C=C/C=C/C=C/[C@H](C)C(O)[C@H]1C)O2. The summed E-state index contributed by atoms with van der Waals surface area (Å²) in [4.78, 5) is 26.9. The van der Waals surface area contributed by atoms with Gasteiger partial charge in [-0.3, -0.25) is 9.59 Å². The maximum absolute atomic E-state index is 14.2. The molecule has 72 heavy (non-hydrogen) atoms. The van der Waals surface area contributed by atoms with Gasteiger partial charge in [0.25, 0.3) is 0 Å². The Balaban J connectivity index is 1.61. The van der Waals surface area contributed by atoms with Gasteiger partial charge in [-0.2, -0.15) is 0 Å². The third kappa shape index (κ3) is 20.4. The van der Waals surface area contributed by atoms with E-state index >= 15 is 0 Å². The lowest BCUT2D eigenvalue weighted by Crippen LogP contribution is -2.62. The maximum atomic E-state index is 14.2. The predicted molar refractivity (Wildman–Crippen MR) is 269 cm³/mol. The molecule has 408 valence electrons. The van der Waals surface area contributed by atoms with Crippen LogP contribution in [0, 0.1) is 17.8 Å². The summed E-state index contributed by atoms with van der Waals surface area (Å²) in [6.45, 7) is 6.83. The fourth-order valence-electron chi connectivity index (χ4n) is 9.71. The number of fused-ring (bicyclic) bond motifs is 2. The average molecular weight is 1020 g/mol. The lowest BCUT2D eigenvalue weighted by Gasteiger charge is -2.46. The molecule has 0 aromatic rings. The minimum atomic E-state index is -2.25. The Kier molecular flexibility index (Phi) is 26.2. The molecule has 0 aromatic carbocycles. The lowest BCUT2D eigenvalue weighted by atomic mass is 9.82. The number of allylic oxidation sites excluding steroid dienone is 12. The molecule has 19 atom stereocenters. The highest BCUT2D eigenvalue weighted by atomic mass is 16.7. The van der Waals surface area contributed by atoms with Crippen molar-refractivity contribution < 1.29 is 79.6 Å². The van der Waals surface area contributed by atoms with Crippen LogP contribution in [-0.4, -0.2) is 166 Å². The van der Waals surface area contributed by atoms with E-state index in [0.29, 0.717) is 0 Å². The van der Waals surface area contributed by atoms with Crippen molar-refractivity contribution in [2.24, 2.45) is 23.5 Å². The maximum Gasteiger partial charge on any atom is 0.308 e. The van der Waals surface area contributed by atoms with Crippen molar-refractivity contribution in [3.8, 4) is 0 Å². The van der Waals surface area contributed by atoms with Crippen molar-refractivity contribution in [1.82, 2.24) is 5.32 Å². The van der Waals surface area contributed by atoms with Crippen LogP contribution < -0.4 is 11.1 Å².